The maximum Gasteiger partial charge on any atom is 0.251 e. The van der Waals surface area contributed by atoms with Crippen LogP contribution < -0.4 is 10.3 Å². The number of carbonyl (C=O) groups is 1. The SMILES string of the molecule is CCC(=O)c1ccc(Cl)cc1-c1cc(=O)n(CC)cc1OC. The van der Waals surface area contributed by atoms with Gasteiger partial charge in [-0.2, -0.15) is 0 Å². The molecule has 1 aromatic carbocycles. The number of nitrogens with zero attached hydrogens (tertiary/aromatic N) is 1. The lowest BCUT2D eigenvalue weighted by Gasteiger charge is -2.14. The summed E-state index contributed by atoms with van der Waals surface area (Å²) in [5.41, 5.74) is 1.60. The van der Waals surface area contributed by atoms with E-state index in [4.69, 9.17) is 16.3 Å². The van der Waals surface area contributed by atoms with Gasteiger partial charge in [-0.3, -0.25) is 9.59 Å². The Bertz CT molecular complexity index is 765. The van der Waals surface area contributed by atoms with E-state index in [-0.39, 0.29) is 11.3 Å². The zero-order valence-corrected chi connectivity index (χ0v) is 13.6. The van der Waals surface area contributed by atoms with E-state index < -0.39 is 0 Å². The second-order valence-corrected chi connectivity index (χ2v) is 5.28. The monoisotopic (exact) mass is 319 g/mol. The largest absolute Gasteiger partial charge is 0.495 e. The highest BCUT2D eigenvalue weighted by Gasteiger charge is 2.17. The molecular formula is C17H18ClNO3. The number of carbonyl (C=O) groups excluding carboxylic acids is 1. The number of rotatable bonds is 5. The van der Waals surface area contributed by atoms with E-state index in [1.165, 1.54) is 13.2 Å². The summed E-state index contributed by atoms with van der Waals surface area (Å²) < 4.78 is 6.94. The first-order valence-corrected chi connectivity index (χ1v) is 7.51. The molecule has 0 bridgehead atoms. The van der Waals surface area contributed by atoms with Crippen LogP contribution in [0.15, 0.2) is 35.3 Å². The number of hydrogen-bond donors (Lipinski definition) is 0. The van der Waals surface area contributed by atoms with Crippen LogP contribution in [0.2, 0.25) is 5.02 Å². The lowest BCUT2D eigenvalue weighted by molar-refractivity contribution is 0.0989. The van der Waals surface area contributed by atoms with Crippen molar-refractivity contribution in [3.63, 3.8) is 0 Å². The molecule has 0 aliphatic rings. The lowest BCUT2D eigenvalue weighted by Crippen LogP contribution is -2.18. The number of hydrogen-bond acceptors (Lipinski definition) is 3. The van der Waals surface area contributed by atoms with Crippen molar-refractivity contribution in [1.29, 1.82) is 0 Å². The summed E-state index contributed by atoms with van der Waals surface area (Å²) in [5.74, 6) is 0.530. The molecule has 0 unspecified atom stereocenters. The summed E-state index contributed by atoms with van der Waals surface area (Å²) in [6, 6.07) is 6.54. The Morgan fingerprint density at radius 1 is 1.23 bits per heavy atom. The van der Waals surface area contributed by atoms with Crippen LogP contribution in [0, 0.1) is 0 Å². The van der Waals surface area contributed by atoms with Crippen LogP contribution in [0.5, 0.6) is 5.75 Å². The maximum absolute atomic E-state index is 12.2. The van der Waals surface area contributed by atoms with Gasteiger partial charge in [0, 0.05) is 41.4 Å². The van der Waals surface area contributed by atoms with Crippen molar-refractivity contribution in [2.75, 3.05) is 7.11 Å². The second-order valence-electron chi connectivity index (χ2n) is 4.85. The molecule has 5 heteroatoms. The summed E-state index contributed by atoms with van der Waals surface area (Å²) in [6.45, 7) is 4.23. The molecule has 0 aliphatic heterocycles. The van der Waals surface area contributed by atoms with Gasteiger partial charge in [-0.25, -0.2) is 0 Å². The minimum atomic E-state index is -0.145. The van der Waals surface area contributed by atoms with Gasteiger partial charge in [0.1, 0.15) is 5.75 Å². The van der Waals surface area contributed by atoms with E-state index >= 15 is 0 Å². The first-order chi connectivity index (χ1) is 10.5. The Labute approximate surface area is 134 Å². The highest BCUT2D eigenvalue weighted by Crippen LogP contribution is 2.33. The third-order valence-electron chi connectivity index (χ3n) is 3.54. The van der Waals surface area contributed by atoms with Gasteiger partial charge >= 0.3 is 0 Å². The quantitative estimate of drug-likeness (QED) is 0.788. The number of methoxy groups -OCH3 is 1. The smallest absolute Gasteiger partial charge is 0.251 e. The van der Waals surface area contributed by atoms with Crippen molar-refractivity contribution in [3.8, 4) is 16.9 Å². The number of aromatic nitrogens is 1. The molecule has 0 saturated heterocycles. The summed E-state index contributed by atoms with van der Waals surface area (Å²) in [7, 11) is 1.54. The number of benzene rings is 1. The molecule has 1 aromatic heterocycles. The van der Waals surface area contributed by atoms with Gasteiger partial charge in [0.25, 0.3) is 5.56 Å². The Morgan fingerprint density at radius 2 is 1.95 bits per heavy atom. The molecule has 0 aliphatic carbocycles. The number of aryl methyl sites for hydroxylation is 1. The first kappa shape index (κ1) is 16.3. The van der Waals surface area contributed by atoms with Crippen LogP contribution in [0.1, 0.15) is 30.6 Å². The van der Waals surface area contributed by atoms with Gasteiger partial charge in [-0.15, -0.1) is 0 Å². The Morgan fingerprint density at radius 3 is 2.55 bits per heavy atom. The zero-order valence-electron chi connectivity index (χ0n) is 12.9. The zero-order chi connectivity index (χ0) is 16.3. The van der Waals surface area contributed by atoms with Crippen LogP contribution in [-0.2, 0) is 6.54 Å². The molecule has 0 radical (unpaired) electrons. The van der Waals surface area contributed by atoms with E-state index in [1.807, 2.05) is 6.92 Å². The summed E-state index contributed by atoms with van der Waals surface area (Å²) >= 11 is 6.07. The van der Waals surface area contributed by atoms with E-state index in [1.54, 1.807) is 35.9 Å². The number of ether oxygens (including phenoxy) is 1. The minimum Gasteiger partial charge on any atom is -0.495 e. The van der Waals surface area contributed by atoms with Crippen molar-refractivity contribution in [2.24, 2.45) is 0 Å². The number of halogens is 1. The summed E-state index contributed by atoms with van der Waals surface area (Å²) in [5, 5.41) is 0.504. The van der Waals surface area contributed by atoms with Crippen molar-refractivity contribution in [3.05, 3.63) is 51.4 Å². The van der Waals surface area contributed by atoms with Gasteiger partial charge in [0.2, 0.25) is 0 Å². The molecule has 0 N–H and O–H groups in total. The highest BCUT2D eigenvalue weighted by molar-refractivity contribution is 6.31. The molecule has 4 nitrogen and oxygen atoms in total. The molecule has 0 amide bonds. The van der Waals surface area contributed by atoms with Crippen molar-refractivity contribution >= 4 is 17.4 Å². The number of ketones is 1. The fraction of sp³-hybridized carbons (Fsp3) is 0.294. The molecule has 2 aromatic rings. The van der Waals surface area contributed by atoms with Crippen molar-refractivity contribution in [1.82, 2.24) is 4.57 Å². The van der Waals surface area contributed by atoms with Gasteiger partial charge in [0.15, 0.2) is 5.78 Å². The second kappa shape index (κ2) is 6.79. The summed E-state index contributed by atoms with van der Waals surface area (Å²) in [6.07, 6.45) is 2.03. The molecular weight excluding hydrogens is 302 g/mol. The predicted octanol–water partition coefficient (Wildman–Crippen LogP) is 3.79. The number of Topliss-reactive ketones (excluding diaryl/α,β-unsaturated/α-hetero) is 1. The molecule has 2 rings (SSSR count). The molecule has 0 spiro atoms. The van der Waals surface area contributed by atoms with E-state index in [9.17, 15) is 9.59 Å². The van der Waals surface area contributed by atoms with E-state index in [0.29, 0.717) is 40.4 Å². The van der Waals surface area contributed by atoms with Gasteiger partial charge in [-0.05, 0) is 30.7 Å². The van der Waals surface area contributed by atoms with Gasteiger partial charge in [0.05, 0.1) is 7.11 Å². The highest BCUT2D eigenvalue weighted by atomic mass is 35.5. The molecule has 22 heavy (non-hydrogen) atoms. The average Bonchev–Trinajstić information content (AvgIpc) is 2.53. The Balaban J connectivity index is 2.75. The third-order valence-corrected chi connectivity index (χ3v) is 3.78. The van der Waals surface area contributed by atoms with Crippen LogP contribution in [0.3, 0.4) is 0 Å². The van der Waals surface area contributed by atoms with E-state index in [0.717, 1.165) is 0 Å². The molecule has 0 fully saturated rings. The van der Waals surface area contributed by atoms with Crippen molar-refractivity contribution < 1.29 is 9.53 Å². The van der Waals surface area contributed by atoms with Crippen LogP contribution in [-0.4, -0.2) is 17.5 Å². The third kappa shape index (κ3) is 3.07. The Kier molecular flexibility index (Phi) is 5.03. The lowest BCUT2D eigenvalue weighted by atomic mass is 9.96. The molecule has 1 heterocycles. The number of pyridine rings is 1. The predicted molar refractivity (Wildman–Crippen MR) is 88.0 cm³/mol. The van der Waals surface area contributed by atoms with E-state index in [2.05, 4.69) is 0 Å². The molecule has 0 saturated carbocycles. The Hall–Kier alpha value is -2.07. The van der Waals surface area contributed by atoms with Gasteiger partial charge < -0.3 is 9.30 Å². The normalized spacial score (nSPS) is 10.5. The summed E-state index contributed by atoms with van der Waals surface area (Å²) in [4.78, 5) is 24.3. The minimum absolute atomic E-state index is 0.00612. The molecule has 116 valence electrons. The van der Waals surface area contributed by atoms with Crippen molar-refractivity contribution in [2.45, 2.75) is 26.8 Å². The van der Waals surface area contributed by atoms with Crippen LogP contribution in [0.25, 0.3) is 11.1 Å². The van der Waals surface area contributed by atoms with Gasteiger partial charge in [-0.1, -0.05) is 18.5 Å². The molecule has 0 atom stereocenters. The van der Waals surface area contributed by atoms with Crippen LogP contribution >= 0.6 is 11.6 Å². The average molecular weight is 320 g/mol. The first-order valence-electron chi connectivity index (χ1n) is 7.13. The van der Waals surface area contributed by atoms with Crippen LogP contribution in [0.4, 0.5) is 0 Å². The fourth-order valence-corrected chi connectivity index (χ4v) is 2.52. The standard InChI is InChI=1S/C17H18ClNO3/c1-4-15(20)12-7-6-11(18)8-13(12)14-9-17(21)19(5-2)10-16(14)22-3/h6-10H,4-5H2,1-3H3. The fourth-order valence-electron chi connectivity index (χ4n) is 2.35. The topological polar surface area (TPSA) is 48.3 Å². The maximum atomic E-state index is 12.2.